The first-order chi connectivity index (χ1) is 7.80. The Balaban J connectivity index is 2.91. The van der Waals surface area contributed by atoms with Crippen LogP contribution in [0.3, 0.4) is 0 Å². The zero-order valence-electron chi connectivity index (χ0n) is 9.54. The van der Waals surface area contributed by atoms with Gasteiger partial charge in [0.25, 0.3) is 0 Å². The monoisotopic (exact) mass is 253 g/mol. The predicted molar refractivity (Wildman–Crippen MR) is 53.1 cm³/mol. The van der Waals surface area contributed by atoms with Crippen LogP contribution in [0.15, 0.2) is 0 Å². The molecule has 0 aliphatic heterocycles. The van der Waals surface area contributed by atoms with Crippen LogP contribution in [-0.2, 0) is 19.1 Å². The Hall–Kier alpha value is -1.21. The molecule has 1 aliphatic rings. The number of rotatable bonds is 5. The Labute approximate surface area is 96.5 Å². The summed E-state index contributed by atoms with van der Waals surface area (Å²) in [4.78, 5) is 23.0. The number of hydrogen-bond donors (Lipinski definition) is 0. The highest BCUT2D eigenvalue weighted by Crippen LogP contribution is 2.65. The van der Waals surface area contributed by atoms with Crippen molar-refractivity contribution in [3.8, 4) is 0 Å². The fourth-order valence-electron chi connectivity index (χ4n) is 1.82. The van der Waals surface area contributed by atoms with Crippen molar-refractivity contribution in [3.05, 3.63) is 0 Å². The molecule has 0 heterocycles. The van der Waals surface area contributed by atoms with Gasteiger partial charge in [0, 0.05) is 0 Å². The molecule has 1 aliphatic carbocycles. The van der Waals surface area contributed by atoms with Gasteiger partial charge in [0.2, 0.25) is 0 Å². The summed E-state index contributed by atoms with van der Waals surface area (Å²) in [7, 11) is 0. The normalized spacial score (nSPS) is 21.8. The van der Waals surface area contributed by atoms with E-state index in [1.54, 1.807) is 0 Å². The van der Waals surface area contributed by atoms with Crippen LogP contribution in [0.5, 0.6) is 0 Å². The predicted octanol–water partition coefficient (Wildman–Crippen LogP) is 1.72. The maximum Gasteiger partial charge on any atom is 0.483 e. The van der Waals surface area contributed by atoms with E-state index in [4.69, 9.17) is 0 Å². The number of ether oxygens (including phenoxy) is 2. The largest absolute Gasteiger partial charge is 0.483 e. The highest BCUT2D eigenvalue weighted by molar-refractivity contribution is 6.63. The van der Waals surface area contributed by atoms with E-state index in [-0.39, 0.29) is 13.2 Å². The lowest BCUT2D eigenvalue weighted by Crippen LogP contribution is -2.35. The van der Waals surface area contributed by atoms with E-state index in [1.807, 2.05) is 0 Å². The molecule has 0 spiro atoms. The van der Waals surface area contributed by atoms with Crippen LogP contribution < -0.4 is 0 Å². The first-order valence-corrected chi connectivity index (χ1v) is 5.35. The van der Waals surface area contributed by atoms with E-state index >= 15 is 0 Å². The van der Waals surface area contributed by atoms with Crippen molar-refractivity contribution in [1.29, 1.82) is 0 Å². The number of hydrogen-bond acceptors (Lipinski definition) is 4. The summed E-state index contributed by atoms with van der Waals surface area (Å²) in [5, 5.41) is 0. The molecule has 0 amide bonds. The molecular formula is C9H13BF3O4-. The van der Waals surface area contributed by atoms with Gasteiger partial charge in [-0.2, -0.15) is 0 Å². The van der Waals surface area contributed by atoms with Crippen molar-refractivity contribution < 1.29 is 32.0 Å². The third-order valence-electron chi connectivity index (χ3n) is 2.75. The zero-order chi connectivity index (χ0) is 13.3. The summed E-state index contributed by atoms with van der Waals surface area (Å²) < 4.78 is 46.8. The summed E-state index contributed by atoms with van der Waals surface area (Å²) in [6.45, 7) is -2.46. The lowest BCUT2D eigenvalue weighted by molar-refractivity contribution is -0.164. The fourth-order valence-corrected chi connectivity index (χ4v) is 1.82. The molecule has 0 bridgehead atoms. The molecule has 1 rings (SSSR count). The molecule has 0 aromatic heterocycles. The van der Waals surface area contributed by atoms with Crippen molar-refractivity contribution in [2.45, 2.75) is 26.1 Å². The molecule has 1 saturated carbocycles. The van der Waals surface area contributed by atoms with Gasteiger partial charge in [-0.15, -0.1) is 0 Å². The summed E-state index contributed by atoms with van der Waals surface area (Å²) in [6, 6.07) is 0. The molecule has 0 N–H and O–H groups in total. The molecule has 8 heteroatoms. The molecule has 4 nitrogen and oxygen atoms in total. The number of esters is 2. The van der Waals surface area contributed by atoms with Crippen molar-refractivity contribution in [1.82, 2.24) is 0 Å². The lowest BCUT2D eigenvalue weighted by atomic mass is 9.77. The Morgan fingerprint density at radius 3 is 1.82 bits per heavy atom. The number of carbonyl (C=O) groups excluding carboxylic acids is 2. The van der Waals surface area contributed by atoms with Gasteiger partial charge in [-0.05, 0) is 26.1 Å². The molecule has 1 unspecified atom stereocenters. The summed E-state index contributed by atoms with van der Waals surface area (Å²) >= 11 is 0. The summed E-state index contributed by atoms with van der Waals surface area (Å²) in [5.41, 5.74) is -2.15. The van der Waals surface area contributed by atoms with Gasteiger partial charge >= 0.3 is 18.9 Å². The van der Waals surface area contributed by atoms with Crippen LogP contribution in [0, 0.1) is 5.41 Å². The van der Waals surface area contributed by atoms with Crippen molar-refractivity contribution >= 4 is 18.9 Å². The topological polar surface area (TPSA) is 52.6 Å². The highest BCUT2D eigenvalue weighted by Gasteiger charge is 2.72. The highest BCUT2D eigenvalue weighted by atomic mass is 19.4. The van der Waals surface area contributed by atoms with Crippen molar-refractivity contribution in [2.24, 2.45) is 5.41 Å². The summed E-state index contributed by atoms with van der Waals surface area (Å²) in [6.07, 6.45) is -0.561. The molecule has 0 radical (unpaired) electrons. The molecule has 0 saturated heterocycles. The molecule has 1 fully saturated rings. The van der Waals surface area contributed by atoms with Crippen LogP contribution in [0.4, 0.5) is 12.9 Å². The zero-order valence-corrected chi connectivity index (χ0v) is 9.54. The molecule has 17 heavy (non-hydrogen) atoms. The van der Waals surface area contributed by atoms with E-state index < -0.39 is 36.6 Å². The molecule has 1 atom stereocenters. The SMILES string of the molecule is CCOC(=O)C1(C(=O)OCC)CC1[B-](F)(F)F. The first kappa shape index (κ1) is 13.9. The minimum absolute atomic E-state index is 0.0719. The van der Waals surface area contributed by atoms with Crippen molar-refractivity contribution in [3.63, 3.8) is 0 Å². The average molecular weight is 253 g/mol. The number of halogens is 3. The van der Waals surface area contributed by atoms with Crippen molar-refractivity contribution in [2.75, 3.05) is 13.2 Å². The Morgan fingerprint density at radius 1 is 1.18 bits per heavy atom. The standard InChI is InChI=1S/C9H13BF3O4/c1-3-16-7(14)9(8(15)17-4-2)5-6(9)10(11,12)13/h6H,3-5H2,1-2H3/q-1. The van der Waals surface area contributed by atoms with E-state index in [1.165, 1.54) is 13.8 Å². The molecular weight excluding hydrogens is 240 g/mol. The second kappa shape index (κ2) is 4.58. The second-order valence-electron chi connectivity index (χ2n) is 3.85. The Morgan fingerprint density at radius 2 is 1.59 bits per heavy atom. The second-order valence-corrected chi connectivity index (χ2v) is 3.85. The van der Waals surface area contributed by atoms with Gasteiger partial charge in [-0.3, -0.25) is 9.59 Å². The lowest BCUT2D eigenvalue weighted by Gasteiger charge is -2.19. The first-order valence-electron chi connectivity index (χ1n) is 5.35. The van der Waals surface area contributed by atoms with Gasteiger partial charge in [0.15, 0.2) is 0 Å². The fraction of sp³-hybridized carbons (Fsp3) is 0.778. The Kier molecular flexibility index (Phi) is 3.73. The van der Waals surface area contributed by atoms with Gasteiger partial charge < -0.3 is 22.4 Å². The smallest absolute Gasteiger partial charge is 0.465 e. The van der Waals surface area contributed by atoms with E-state index in [2.05, 4.69) is 9.47 Å². The van der Waals surface area contributed by atoms with Gasteiger partial charge in [-0.25, -0.2) is 0 Å². The van der Waals surface area contributed by atoms with Crippen LogP contribution in [0.2, 0.25) is 5.82 Å². The van der Waals surface area contributed by atoms with Gasteiger partial charge in [0.1, 0.15) is 5.41 Å². The Bertz CT molecular complexity index is 311. The van der Waals surface area contributed by atoms with Gasteiger partial charge in [-0.1, -0.05) is 0 Å². The third kappa shape index (κ3) is 2.40. The third-order valence-corrected chi connectivity index (χ3v) is 2.75. The van der Waals surface area contributed by atoms with Crippen LogP contribution in [0.1, 0.15) is 20.3 Å². The maximum atomic E-state index is 12.6. The van der Waals surface area contributed by atoms with Gasteiger partial charge in [0.05, 0.1) is 13.2 Å². The van der Waals surface area contributed by atoms with E-state index in [0.717, 1.165) is 0 Å². The maximum absolute atomic E-state index is 12.6. The molecule has 0 aromatic rings. The van der Waals surface area contributed by atoms with Crippen LogP contribution in [0.25, 0.3) is 0 Å². The molecule has 98 valence electrons. The average Bonchev–Trinajstić information content (AvgIpc) is 2.94. The van der Waals surface area contributed by atoms with E-state index in [0.29, 0.717) is 0 Å². The van der Waals surface area contributed by atoms with Crippen LogP contribution >= 0.6 is 0 Å². The van der Waals surface area contributed by atoms with E-state index in [9.17, 15) is 22.5 Å². The summed E-state index contributed by atoms with van der Waals surface area (Å²) in [5.74, 6) is -4.20. The molecule has 0 aromatic carbocycles. The quantitative estimate of drug-likeness (QED) is 0.425. The number of carbonyl (C=O) groups is 2. The van der Waals surface area contributed by atoms with Crippen LogP contribution in [-0.4, -0.2) is 32.1 Å². The minimum atomic E-state index is -5.25. The minimum Gasteiger partial charge on any atom is -0.465 e.